The number of rotatable bonds is 10. The van der Waals surface area contributed by atoms with Crippen LogP contribution in [0.15, 0.2) is 45.6 Å². The van der Waals surface area contributed by atoms with Crippen molar-refractivity contribution in [2.45, 2.75) is 59.8 Å². The molecular weight excluding hydrogens is 352 g/mol. The summed E-state index contributed by atoms with van der Waals surface area (Å²) >= 11 is 6.46. The van der Waals surface area contributed by atoms with Gasteiger partial charge in [-0.1, -0.05) is 45.4 Å². The lowest BCUT2D eigenvalue weighted by molar-refractivity contribution is -0.139. The third kappa shape index (κ3) is 5.87. The molecule has 0 aromatic rings. The van der Waals surface area contributed by atoms with Crippen LogP contribution in [-0.4, -0.2) is 26.2 Å². The lowest BCUT2D eigenvalue weighted by atomic mass is 9.86. The summed E-state index contributed by atoms with van der Waals surface area (Å²) in [6.45, 7) is 11.7. The van der Waals surface area contributed by atoms with E-state index >= 15 is 0 Å². The first-order valence-electron chi connectivity index (χ1n) is 8.98. The van der Waals surface area contributed by atoms with E-state index in [1.54, 1.807) is 6.08 Å². The molecule has 0 spiro atoms. The fourth-order valence-corrected chi connectivity index (χ4v) is 3.27. The Bertz CT molecular complexity index is 624. The van der Waals surface area contributed by atoms with Crippen molar-refractivity contribution in [3.8, 4) is 0 Å². The summed E-state index contributed by atoms with van der Waals surface area (Å²) < 4.78 is 9.88. The Kier molecular flexibility index (Phi) is 11.7. The monoisotopic (exact) mass is 382 g/mol. The van der Waals surface area contributed by atoms with Gasteiger partial charge in [0.1, 0.15) is 0 Å². The Morgan fingerprint density at radius 2 is 1.31 bits per heavy atom. The predicted octanol–water partition coefficient (Wildman–Crippen LogP) is 5.63. The molecule has 0 bridgehead atoms. The predicted molar refractivity (Wildman–Crippen MR) is 107 cm³/mol. The van der Waals surface area contributed by atoms with Crippen molar-refractivity contribution in [3.63, 3.8) is 0 Å². The maximum Gasteiger partial charge on any atom is 0.338 e. The molecule has 0 aromatic heterocycles. The summed E-state index contributed by atoms with van der Waals surface area (Å²) in [5.41, 5.74) is 3.26. The fraction of sp³-hybridized carbons (Fsp3) is 0.524. The minimum absolute atomic E-state index is 0.213. The second-order valence-corrected chi connectivity index (χ2v) is 6.04. The number of hydrogen-bond acceptors (Lipinski definition) is 4. The van der Waals surface area contributed by atoms with Crippen molar-refractivity contribution in [1.82, 2.24) is 0 Å². The molecule has 4 nitrogen and oxygen atoms in total. The van der Waals surface area contributed by atoms with E-state index in [0.29, 0.717) is 19.3 Å². The normalized spacial score (nSPS) is 14.0. The maximum absolute atomic E-state index is 12.6. The van der Waals surface area contributed by atoms with Crippen LogP contribution in [0.25, 0.3) is 0 Å². The van der Waals surface area contributed by atoms with Crippen LogP contribution in [0.2, 0.25) is 0 Å². The van der Waals surface area contributed by atoms with Crippen molar-refractivity contribution >= 4 is 23.5 Å². The average Bonchev–Trinajstić information content (AvgIpc) is 2.67. The lowest BCUT2D eigenvalue weighted by Crippen LogP contribution is -2.17. The number of carbonyl (C=O) groups excluding carboxylic acids is 2. The van der Waals surface area contributed by atoms with Gasteiger partial charge in [0.25, 0.3) is 0 Å². The first-order valence-corrected chi connectivity index (χ1v) is 9.36. The highest BCUT2D eigenvalue weighted by molar-refractivity contribution is 6.30. The van der Waals surface area contributed by atoms with E-state index in [9.17, 15) is 9.59 Å². The number of ether oxygens (including phenoxy) is 2. The quantitative estimate of drug-likeness (QED) is 0.212. The van der Waals surface area contributed by atoms with E-state index in [0.717, 1.165) is 28.2 Å². The minimum atomic E-state index is -0.560. The summed E-state index contributed by atoms with van der Waals surface area (Å²) in [7, 11) is 2.60. The van der Waals surface area contributed by atoms with E-state index in [1.807, 2.05) is 27.7 Å². The van der Waals surface area contributed by atoms with Gasteiger partial charge < -0.3 is 9.47 Å². The molecule has 0 saturated carbocycles. The Morgan fingerprint density at radius 1 is 0.808 bits per heavy atom. The molecule has 5 heteroatoms. The van der Waals surface area contributed by atoms with Gasteiger partial charge in [0, 0.05) is 5.03 Å². The number of carbonyl (C=O) groups is 2. The smallest absolute Gasteiger partial charge is 0.338 e. The van der Waals surface area contributed by atoms with Gasteiger partial charge in [-0.2, -0.15) is 0 Å². The molecular formula is C21H31ClO4. The van der Waals surface area contributed by atoms with E-state index in [-0.39, 0.29) is 17.6 Å². The minimum Gasteiger partial charge on any atom is -0.466 e. The van der Waals surface area contributed by atoms with Gasteiger partial charge in [-0.15, -0.1) is 6.58 Å². The van der Waals surface area contributed by atoms with E-state index in [4.69, 9.17) is 21.1 Å². The van der Waals surface area contributed by atoms with Crippen molar-refractivity contribution in [2.75, 3.05) is 14.2 Å². The number of halogens is 1. The standard InChI is InChI=1S/C21H31ClO4/c1-8-13-17(20(23)25-6)19(21(24)26-7)16(11-4)14(9-2)15(10-3)18(22)12-5/h8H,1,9-13H2,2-7H3/b16-14-,18-15-,19-17-. The Hall–Kier alpha value is -1.81. The third-order valence-corrected chi connectivity index (χ3v) is 4.70. The van der Waals surface area contributed by atoms with Crippen molar-refractivity contribution in [3.05, 3.63) is 45.6 Å². The zero-order valence-electron chi connectivity index (χ0n) is 16.8. The summed E-state index contributed by atoms with van der Waals surface area (Å²) in [6.07, 6.45) is 4.48. The van der Waals surface area contributed by atoms with Crippen LogP contribution in [-0.2, 0) is 19.1 Å². The van der Waals surface area contributed by atoms with Gasteiger partial charge in [0.2, 0.25) is 0 Å². The van der Waals surface area contributed by atoms with E-state index < -0.39 is 11.9 Å². The number of methoxy groups -OCH3 is 2. The van der Waals surface area contributed by atoms with Crippen LogP contribution in [0.4, 0.5) is 0 Å². The number of allylic oxidation sites excluding steroid dienone is 4. The van der Waals surface area contributed by atoms with Crippen LogP contribution in [0.1, 0.15) is 59.8 Å². The molecule has 0 fully saturated rings. The summed E-state index contributed by atoms with van der Waals surface area (Å²) in [5.74, 6) is -1.12. The molecule has 0 unspecified atom stereocenters. The zero-order chi connectivity index (χ0) is 20.3. The molecule has 0 saturated heterocycles. The second-order valence-electron chi connectivity index (χ2n) is 5.58. The lowest BCUT2D eigenvalue weighted by Gasteiger charge is -2.20. The highest BCUT2D eigenvalue weighted by atomic mass is 35.5. The molecule has 26 heavy (non-hydrogen) atoms. The van der Waals surface area contributed by atoms with Gasteiger partial charge >= 0.3 is 11.9 Å². The maximum atomic E-state index is 12.6. The Balaban J connectivity index is 7.09. The van der Waals surface area contributed by atoms with Gasteiger partial charge in [-0.25, -0.2) is 9.59 Å². The average molecular weight is 383 g/mol. The van der Waals surface area contributed by atoms with Crippen molar-refractivity contribution in [1.29, 1.82) is 0 Å². The molecule has 0 radical (unpaired) electrons. The SMILES string of the molecule is C=CC\C(C(=O)OC)=C(C(=O)OC)/C(CC)=C(CC)\C(CC)=C(/Cl)CC. The van der Waals surface area contributed by atoms with Gasteiger partial charge in [0.05, 0.1) is 25.4 Å². The van der Waals surface area contributed by atoms with Crippen LogP contribution in [0.3, 0.4) is 0 Å². The molecule has 0 rings (SSSR count). The van der Waals surface area contributed by atoms with Gasteiger partial charge in [0.15, 0.2) is 0 Å². The van der Waals surface area contributed by atoms with Crippen molar-refractivity contribution < 1.29 is 19.1 Å². The highest BCUT2D eigenvalue weighted by Gasteiger charge is 2.27. The van der Waals surface area contributed by atoms with Gasteiger partial charge in [-0.05, 0) is 48.8 Å². The largest absolute Gasteiger partial charge is 0.466 e. The topological polar surface area (TPSA) is 52.6 Å². The number of esters is 2. The first kappa shape index (κ1) is 24.2. The Labute approximate surface area is 162 Å². The third-order valence-electron chi connectivity index (χ3n) is 4.20. The van der Waals surface area contributed by atoms with Crippen LogP contribution in [0, 0.1) is 0 Å². The second kappa shape index (κ2) is 12.5. The van der Waals surface area contributed by atoms with E-state index in [2.05, 4.69) is 6.58 Å². The van der Waals surface area contributed by atoms with Crippen LogP contribution in [0.5, 0.6) is 0 Å². The molecule has 0 aromatic carbocycles. The molecule has 0 aliphatic carbocycles. The highest BCUT2D eigenvalue weighted by Crippen LogP contribution is 2.34. The molecule has 0 atom stereocenters. The number of hydrogen-bond donors (Lipinski definition) is 0. The summed E-state index contributed by atoms with van der Waals surface area (Å²) in [4.78, 5) is 24.9. The Morgan fingerprint density at radius 3 is 1.65 bits per heavy atom. The molecule has 0 aliphatic rings. The van der Waals surface area contributed by atoms with Gasteiger partial charge in [-0.3, -0.25) is 0 Å². The molecule has 0 N–H and O–H groups in total. The van der Waals surface area contributed by atoms with Crippen LogP contribution < -0.4 is 0 Å². The van der Waals surface area contributed by atoms with Crippen molar-refractivity contribution in [2.24, 2.45) is 0 Å². The zero-order valence-corrected chi connectivity index (χ0v) is 17.6. The molecule has 146 valence electrons. The molecule has 0 heterocycles. The summed E-state index contributed by atoms with van der Waals surface area (Å²) in [5, 5.41) is 0.767. The van der Waals surface area contributed by atoms with Crippen LogP contribution >= 0.6 is 11.6 Å². The summed E-state index contributed by atoms with van der Waals surface area (Å²) in [6, 6.07) is 0. The van der Waals surface area contributed by atoms with E-state index in [1.165, 1.54) is 14.2 Å². The first-order chi connectivity index (χ1) is 12.4. The fourth-order valence-electron chi connectivity index (χ4n) is 3.02. The molecule has 0 amide bonds. The molecule has 0 aliphatic heterocycles.